The summed E-state index contributed by atoms with van der Waals surface area (Å²) >= 11 is 1.49. The van der Waals surface area contributed by atoms with Crippen molar-refractivity contribution in [3.05, 3.63) is 35.5 Å². The second-order valence-electron chi connectivity index (χ2n) is 6.16. The van der Waals surface area contributed by atoms with E-state index in [4.69, 9.17) is 10.5 Å². The third-order valence-corrected chi connectivity index (χ3v) is 5.69. The van der Waals surface area contributed by atoms with Gasteiger partial charge in [0.1, 0.15) is 11.4 Å². The minimum atomic E-state index is 0.0181. The highest BCUT2D eigenvalue weighted by molar-refractivity contribution is 7.13. The van der Waals surface area contributed by atoms with Gasteiger partial charge in [-0.2, -0.15) is 0 Å². The molecule has 2 N–H and O–H groups in total. The van der Waals surface area contributed by atoms with Crippen LogP contribution in [0.3, 0.4) is 0 Å². The maximum absolute atomic E-state index is 13.0. The molecule has 2 heterocycles. The summed E-state index contributed by atoms with van der Waals surface area (Å²) in [5.74, 6) is 1.44. The highest BCUT2D eigenvalue weighted by Gasteiger charge is 2.53. The fourth-order valence-electron chi connectivity index (χ4n) is 3.58. The topological polar surface area (TPSA) is 68.5 Å². The van der Waals surface area contributed by atoms with Crippen molar-refractivity contribution < 1.29 is 9.53 Å². The molecule has 1 amide bonds. The Morgan fingerprint density at radius 1 is 1.48 bits per heavy atom. The van der Waals surface area contributed by atoms with Crippen LogP contribution in [0, 0.1) is 5.92 Å². The fraction of sp³-hybridized carbons (Fsp3) is 0.412. The van der Waals surface area contributed by atoms with Gasteiger partial charge >= 0.3 is 0 Å². The number of likely N-dealkylation sites (tertiary alicyclic amines) is 1. The first kappa shape index (κ1) is 14.7. The summed E-state index contributed by atoms with van der Waals surface area (Å²) in [4.78, 5) is 20.3. The quantitative estimate of drug-likeness (QED) is 0.935. The second-order valence-corrected chi connectivity index (χ2v) is 7.02. The standard InChI is InChI=1S/C17H19N3O2S/c1-22-13-4-2-3-10(6-13)16-15(19-9-23-16)17(21)20-12(8-18)5-11-7-14(11)20/h2-4,6,9,11-12,14H,5,7-8,18H2,1H3/t11-,12+,14+/m1/s1. The summed E-state index contributed by atoms with van der Waals surface area (Å²) in [6.07, 6.45) is 2.15. The first-order valence-electron chi connectivity index (χ1n) is 7.83. The molecular formula is C17H19N3O2S. The number of hydrogen-bond acceptors (Lipinski definition) is 5. The summed E-state index contributed by atoms with van der Waals surface area (Å²) in [7, 11) is 1.64. The molecule has 5 nitrogen and oxygen atoms in total. The Labute approximate surface area is 139 Å². The van der Waals surface area contributed by atoms with Crippen LogP contribution < -0.4 is 10.5 Å². The smallest absolute Gasteiger partial charge is 0.274 e. The van der Waals surface area contributed by atoms with Crippen molar-refractivity contribution in [3.8, 4) is 16.2 Å². The van der Waals surface area contributed by atoms with Crippen LogP contribution in [0.1, 0.15) is 23.3 Å². The Bertz CT molecular complexity index is 745. The Morgan fingerprint density at radius 2 is 2.35 bits per heavy atom. The molecule has 2 aliphatic rings. The van der Waals surface area contributed by atoms with E-state index in [-0.39, 0.29) is 11.9 Å². The number of aromatic nitrogens is 1. The van der Waals surface area contributed by atoms with E-state index in [1.807, 2.05) is 29.2 Å². The zero-order chi connectivity index (χ0) is 16.0. The van der Waals surface area contributed by atoms with Gasteiger partial charge in [-0.3, -0.25) is 4.79 Å². The predicted octanol–water partition coefficient (Wildman–Crippen LogP) is 2.38. The van der Waals surface area contributed by atoms with Crippen molar-refractivity contribution in [1.82, 2.24) is 9.88 Å². The van der Waals surface area contributed by atoms with E-state index in [0.29, 0.717) is 24.2 Å². The molecule has 1 aromatic carbocycles. The lowest BCUT2D eigenvalue weighted by molar-refractivity contribution is 0.0701. The van der Waals surface area contributed by atoms with Gasteiger partial charge in [0, 0.05) is 18.6 Å². The molecule has 0 radical (unpaired) electrons. The number of fused-ring (bicyclic) bond motifs is 1. The molecule has 1 saturated heterocycles. The van der Waals surface area contributed by atoms with Gasteiger partial charge in [0.2, 0.25) is 0 Å². The number of nitrogens with two attached hydrogens (primary N) is 1. The van der Waals surface area contributed by atoms with Crippen molar-refractivity contribution in [1.29, 1.82) is 0 Å². The number of piperidine rings is 1. The molecule has 6 heteroatoms. The van der Waals surface area contributed by atoms with Crippen LogP contribution >= 0.6 is 11.3 Å². The fourth-order valence-corrected chi connectivity index (χ4v) is 4.35. The van der Waals surface area contributed by atoms with Gasteiger partial charge < -0.3 is 15.4 Å². The van der Waals surface area contributed by atoms with Crippen LogP contribution in [0.4, 0.5) is 0 Å². The largest absolute Gasteiger partial charge is 0.497 e. The van der Waals surface area contributed by atoms with Crippen molar-refractivity contribution in [2.45, 2.75) is 24.9 Å². The van der Waals surface area contributed by atoms with Crippen LogP contribution in [0.25, 0.3) is 10.4 Å². The third kappa shape index (κ3) is 2.42. The van der Waals surface area contributed by atoms with Crippen LogP contribution in [0.15, 0.2) is 29.8 Å². The van der Waals surface area contributed by atoms with E-state index in [1.165, 1.54) is 11.3 Å². The zero-order valence-electron chi connectivity index (χ0n) is 12.9. The number of carbonyl (C=O) groups is 1. The minimum Gasteiger partial charge on any atom is -0.497 e. The molecule has 1 aliphatic heterocycles. The van der Waals surface area contributed by atoms with Crippen molar-refractivity contribution in [3.63, 3.8) is 0 Å². The SMILES string of the molecule is COc1cccc(-c2scnc2C(=O)N2[C@H](CN)C[C@@H]3C[C@@H]32)c1. The number of nitrogens with zero attached hydrogens (tertiary/aromatic N) is 2. The van der Waals surface area contributed by atoms with Gasteiger partial charge in [-0.25, -0.2) is 4.98 Å². The average molecular weight is 329 g/mol. The lowest BCUT2D eigenvalue weighted by Gasteiger charge is -2.26. The number of rotatable bonds is 4. The third-order valence-electron chi connectivity index (χ3n) is 4.82. The molecule has 120 valence electrons. The number of thiazole rings is 1. The van der Waals surface area contributed by atoms with Crippen LogP contribution in [-0.4, -0.2) is 41.5 Å². The molecular weight excluding hydrogens is 310 g/mol. The van der Waals surface area contributed by atoms with Crippen molar-refractivity contribution in [2.24, 2.45) is 11.7 Å². The van der Waals surface area contributed by atoms with Gasteiger partial charge in [-0.05, 0) is 36.5 Å². The Hall–Kier alpha value is -1.92. The Balaban J connectivity index is 1.68. The molecule has 1 aliphatic carbocycles. The summed E-state index contributed by atoms with van der Waals surface area (Å²) < 4.78 is 5.28. The summed E-state index contributed by atoms with van der Waals surface area (Å²) in [6, 6.07) is 8.27. The highest BCUT2D eigenvalue weighted by atomic mass is 32.1. The van der Waals surface area contributed by atoms with Crippen molar-refractivity contribution >= 4 is 17.2 Å². The van der Waals surface area contributed by atoms with E-state index < -0.39 is 0 Å². The van der Waals surface area contributed by atoms with Crippen LogP contribution in [0.2, 0.25) is 0 Å². The maximum atomic E-state index is 13.0. The molecule has 0 bridgehead atoms. The minimum absolute atomic E-state index is 0.0181. The highest BCUT2D eigenvalue weighted by Crippen LogP contribution is 2.48. The first-order valence-corrected chi connectivity index (χ1v) is 8.71. The number of hydrogen-bond donors (Lipinski definition) is 1. The van der Waals surface area contributed by atoms with Crippen LogP contribution in [0.5, 0.6) is 5.75 Å². The number of benzene rings is 1. The first-order chi connectivity index (χ1) is 11.2. The molecule has 3 atom stereocenters. The van der Waals surface area contributed by atoms with Crippen LogP contribution in [-0.2, 0) is 0 Å². The lowest BCUT2D eigenvalue weighted by Crippen LogP contribution is -2.42. The molecule has 0 unspecified atom stereocenters. The molecule has 1 saturated carbocycles. The predicted molar refractivity (Wildman–Crippen MR) is 89.6 cm³/mol. The molecule has 4 rings (SSSR count). The Morgan fingerprint density at radius 3 is 3.13 bits per heavy atom. The second kappa shape index (κ2) is 5.62. The maximum Gasteiger partial charge on any atom is 0.274 e. The van der Waals surface area contributed by atoms with E-state index in [0.717, 1.165) is 29.0 Å². The van der Waals surface area contributed by atoms with Gasteiger partial charge in [-0.1, -0.05) is 12.1 Å². The van der Waals surface area contributed by atoms with E-state index >= 15 is 0 Å². The number of ether oxygens (including phenoxy) is 1. The average Bonchev–Trinajstić information content (AvgIpc) is 3.02. The van der Waals surface area contributed by atoms with E-state index in [1.54, 1.807) is 12.6 Å². The van der Waals surface area contributed by atoms with E-state index in [2.05, 4.69) is 4.98 Å². The van der Waals surface area contributed by atoms with Gasteiger partial charge in [-0.15, -0.1) is 11.3 Å². The Kier molecular flexibility index (Phi) is 3.58. The molecule has 2 aromatic rings. The van der Waals surface area contributed by atoms with Gasteiger partial charge in [0.25, 0.3) is 5.91 Å². The number of methoxy groups -OCH3 is 1. The summed E-state index contributed by atoms with van der Waals surface area (Å²) in [5.41, 5.74) is 9.09. The van der Waals surface area contributed by atoms with Gasteiger partial charge in [0.15, 0.2) is 0 Å². The monoisotopic (exact) mass is 329 g/mol. The van der Waals surface area contributed by atoms with Crippen molar-refractivity contribution in [2.75, 3.05) is 13.7 Å². The lowest BCUT2D eigenvalue weighted by atomic mass is 10.1. The summed E-state index contributed by atoms with van der Waals surface area (Å²) in [5, 5.41) is 0. The summed E-state index contributed by atoms with van der Waals surface area (Å²) in [6.45, 7) is 0.525. The molecule has 2 fully saturated rings. The molecule has 0 spiro atoms. The van der Waals surface area contributed by atoms with Gasteiger partial charge in [0.05, 0.1) is 17.5 Å². The zero-order valence-corrected chi connectivity index (χ0v) is 13.8. The molecule has 1 aromatic heterocycles. The molecule has 23 heavy (non-hydrogen) atoms. The number of carbonyl (C=O) groups excluding carboxylic acids is 1. The van der Waals surface area contributed by atoms with E-state index in [9.17, 15) is 4.79 Å². The normalized spacial score (nSPS) is 25.3. The number of amides is 1.